The van der Waals surface area contributed by atoms with Gasteiger partial charge >= 0.3 is 6.03 Å². The highest BCUT2D eigenvalue weighted by Gasteiger charge is 2.31. The smallest absolute Gasteiger partial charge is 0.320 e. The molecule has 1 aliphatic heterocycles. The van der Waals surface area contributed by atoms with Crippen LogP contribution in [-0.4, -0.2) is 48.4 Å². The minimum absolute atomic E-state index is 0.138. The van der Waals surface area contributed by atoms with Crippen LogP contribution in [0.15, 0.2) is 72.9 Å². The molecule has 0 radical (unpaired) electrons. The normalized spacial score (nSPS) is 19.9. The number of carbonyl (C=O) groups excluding carboxylic acids is 1. The van der Waals surface area contributed by atoms with E-state index in [1.54, 1.807) is 0 Å². The number of hydrogen-bond donors (Lipinski definition) is 2. The molecule has 2 amide bonds. The van der Waals surface area contributed by atoms with Crippen molar-refractivity contribution in [2.75, 3.05) is 18.4 Å². The molecule has 0 bridgehead atoms. The molecule has 2 aliphatic rings. The molecular weight excluding hydrogens is 588 g/mol. The maximum Gasteiger partial charge on any atom is 0.320 e. The van der Waals surface area contributed by atoms with E-state index in [2.05, 4.69) is 76.9 Å². The van der Waals surface area contributed by atoms with Crippen LogP contribution in [0.25, 0.3) is 11.3 Å². The van der Waals surface area contributed by atoms with Gasteiger partial charge in [-0.1, -0.05) is 69.7 Å². The first-order chi connectivity index (χ1) is 22.7. The molecule has 7 rings (SSSR count). The number of pyridine rings is 1. The molecule has 0 saturated carbocycles. The summed E-state index contributed by atoms with van der Waals surface area (Å²) in [5.74, 6) is 2.38. The summed E-state index contributed by atoms with van der Waals surface area (Å²) in [7, 11) is 0. The van der Waals surface area contributed by atoms with Gasteiger partial charge in [-0.25, -0.2) is 9.48 Å². The van der Waals surface area contributed by atoms with Gasteiger partial charge < -0.3 is 10.1 Å². The zero-order chi connectivity index (χ0) is 32.7. The number of ether oxygens (including phenoxy) is 1. The second-order valence-electron chi connectivity index (χ2n) is 13.8. The van der Waals surface area contributed by atoms with Crippen molar-refractivity contribution < 1.29 is 9.53 Å². The zero-order valence-corrected chi connectivity index (χ0v) is 27.9. The highest BCUT2D eigenvalue weighted by molar-refractivity contribution is 5.89. The summed E-state index contributed by atoms with van der Waals surface area (Å²) in [5.41, 5.74) is 5.77. The van der Waals surface area contributed by atoms with Gasteiger partial charge in [0.15, 0.2) is 11.5 Å². The molecule has 3 atom stereocenters. The highest BCUT2D eigenvalue weighted by Crippen LogP contribution is 2.39. The maximum absolute atomic E-state index is 13.5. The van der Waals surface area contributed by atoms with Crippen LogP contribution in [0.4, 0.5) is 10.6 Å². The van der Waals surface area contributed by atoms with Gasteiger partial charge in [0.2, 0.25) is 0 Å². The van der Waals surface area contributed by atoms with Gasteiger partial charge in [-0.3, -0.25) is 14.6 Å². The monoisotopic (exact) mass is 632 g/mol. The number of rotatable bonds is 7. The first-order valence-corrected chi connectivity index (χ1v) is 16.8. The number of nitrogens with zero attached hydrogens (tertiary/aromatic N) is 6. The number of aromatic nitrogens is 5. The number of aryl methyl sites for hydroxylation is 1. The number of carbonyl (C=O) groups is 1. The Hall–Kier alpha value is -4.70. The molecule has 10 heteroatoms. The van der Waals surface area contributed by atoms with Crippen LogP contribution in [-0.2, 0) is 5.41 Å². The molecule has 2 N–H and O–H groups in total. The van der Waals surface area contributed by atoms with E-state index in [-0.39, 0.29) is 29.6 Å². The number of anilines is 1. The SMILES string of the molecule is CCN1CCCC1c1nnc2ccc(O[C@@H]3CC[C@H](NC(=O)Nc4cc(C(C)(C)C)nn4-c4ccc(C)cc4)c4ccccc43)cn12. The summed E-state index contributed by atoms with van der Waals surface area (Å²) in [4.78, 5) is 16.0. The van der Waals surface area contributed by atoms with Gasteiger partial charge in [0.05, 0.1) is 29.7 Å². The van der Waals surface area contributed by atoms with Crippen molar-refractivity contribution in [2.45, 2.75) is 83.9 Å². The standard InChI is InChI=1S/C37H44N8O2/c1-6-43-21-9-12-30(43)35-41-40-33-20-17-26(23-44(33)35)47-31-19-18-29(27-10-7-8-11-28(27)31)38-36(46)39-34-22-32(37(3,4)5)42-45(34)25-15-13-24(2)14-16-25/h7-8,10-11,13-17,20,22-23,29-31H,6,9,12,18-19,21H2,1-5H3,(H2,38,39,46)/t29-,30?,31+/m0/s1. The topological polar surface area (TPSA) is 102 Å². The second-order valence-corrected chi connectivity index (χ2v) is 13.8. The van der Waals surface area contributed by atoms with Crippen molar-refractivity contribution in [3.05, 3.63) is 101 Å². The van der Waals surface area contributed by atoms with Gasteiger partial charge in [-0.15, -0.1) is 10.2 Å². The summed E-state index contributed by atoms with van der Waals surface area (Å²) in [6.45, 7) is 12.7. The third kappa shape index (κ3) is 6.22. The Morgan fingerprint density at radius 1 is 0.979 bits per heavy atom. The van der Waals surface area contributed by atoms with Gasteiger partial charge in [-0.2, -0.15) is 5.10 Å². The average Bonchev–Trinajstić information content (AvgIpc) is 3.81. The Morgan fingerprint density at radius 2 is 1.77 bits per heavy atom. The fraction of sp³-hybridized carbons (Fsp3) is 0.405. The fourth-order valence-corrected chi connectivity index (χ4v) is 6.90. The van der Waals surface area contributed by atoms with E-state index in [0.29, 0.717) is 5.82 Å². The van der Waals surface area contributed by atoms with E-state index >= 15 is 0 Å². The molecule has 47 heavy (non-hydrogen) atoms. The van der Waals surface area contributed by atoms with Crippen LogP contribution in [0.5, 0.6) is 5.75 Å². The molecule has 1 fully saturated rings. The minimum atomic E-state index is -0.267. The van der Waals surface area contributed by atoms with E-state index in [9.17, 15) is 4.79 Å². The lowest BCUT2D eigenvalue weighted by molar-refractivity contribution is 0.171. The summed E-state index contributed by atoms with van der Waals surface area (Å²) >= 11 is 0. The number of fused-ring (bicyclic) bond motifs is 2. The molecule has 1 saturated heterocycles. The summed E-state index contributed by atoms with van der Waals surface area (Å²) in [6.07, 6.45) is 5.65. The number of benzene rings is 2. The number of amides is 2. The molecule has 4 heterocycles. The Labute approximate surface area is 276 Å². The van der Waals surface area contributed by atoms with E-state index < -0.39 is 0 Å². The van der Waals surface area contributed by atoms with Crippen molar-refractivity contribution in [1.82, 2.24) is 34.6 Å². The van der Waals surface area contributed by atoms with Crippen molar-refractivity contribution in [3.8, 4) is 11.4 Å². The largest absolute Gasteiger partial charge is 0.484 e. The molecule has 1 aliphatic carbocycles. The zero-order valence-electron chi connectivity index (χ0n) is 27.9. The van der Waals surface area contributed by atoms with Crippen molar-refractivity contribution in [3.63, 3.8) is 0 Å². The number of hydrogen-bond acceptors (Lipinski definition) is 6. The summed E-state index contributed by atoms with van der Waals surface area (Å²) in [5, 5.41) is 20.2. The lowest BCUT2D eigenvalue weighted by Gasteiger charge is -2.32. The van der Waals surface area contributed by atoms with Gasteiger partial charge in [0.1, 0.15) is 17.7 Å². The lowest BCUT2D eigenvalue weighted by atomic mass is 9.85. The van der Waals surface area contributed by atoms with Gasteiger partial charge in [0, 0.05) is 11.5 Å². The Kier molecular flexibility index (Phi) is 8.21. The average molecular weight is 633 g/mol. The predicted molar refractivity (Wildman–Crippen MR) is 183 cm³/mol. The number of likely N-dealkylation sites (tertiary alicyclic amines) is 1. The maximum atomic E-state index is 13.5. The van der Waals surface area contributed by atoms with Crippen LogP contribution < -0.4 is 15.4 Å². The van der Waals surface area contributed by atoms with E-state index in [4.69, 9.17) is 9.84 Å². The molecule has 5 aromatic rings. The second kappa shape index (κ2) is 12.5. The van der Waals surface area contributed by atoms with E-state index in [1.165, 1.54) is 12.0 Å². The third-order valence-electron chi connectivity index (χ3n) is 9.49. The fourth-order valence-electron chi connectivity index (χ4n) is 6.90. The molecule has 244 valence electrons. The van der Waals surface area contributed by atoms with Crippen molar-refractivity contribution in [2.24, 2.45) is 0 Å². The molecule has 10 nitrogen and oxygen atoms in total. The molecule has 1 unspecified atom stereocenters. The van der Waals surface area contributed by atoms with Crippen LogP contribution in [0.3, 0.4) is 0 Å². The van der Waals surface area contributed by atoms with Gasteiger partial charge in [-0.05, 0) is 81.1 Å². The summed E-state index contributed by atoms with van der Waals surface area (Å²) in [6, 6.07) is 22.2. The minimum Gasteiger partial charge on any atom is -0.484 e. The van der Waals surface area contributed by atoms with E-state index in [0.717, 1.165) is 72.1 Å². The third-order valence-corrected chi connectivity index (χ3v) is 9.49. The summed E-state index contributed by atoms with van der Waals surface area (Å²) < 4.78 is 10.6. The van der Waals surface area contributed by atoms with Crippen LogP contribution >= 0.6 is 0 Å². The lowest BCUT2D eigenvalue weighted by Crippen LogP contribution is -2.36. The van der Waals surface area contributed by atoms with Crippen LogP contribution in [0, 0.1) is 6.92 Å². The van der Waals surface area contributed by atoms with Crippen LogP contribution in [0.2, 0.25) is 0 Å². The molecule has 3 aromatic heterocycles. The molecule has 2 aromatic carbocycles. The number of urea groups is 1. The molecular formula is C37H44N8O2. The van der Waals surface area contributed by atoms with Crippen molar-refractivity contribution in [1.29, 1.82) is 0 Å². The Balaban J connectivity index is 1.09. The Bertz CT molecular complexity index is 1890. The van der Waals surface area contributed by atoms with Crippen molar-refractivity contribution >= 4 is 17.5 Å². The van der Waals surface area contributed by atoms with E-state index in [1.807, 2.05) is 65.5 Å². The molecule has 0 spiro atoms. The first kappa shape index (κ1) is 30.9. The Morgan fingerprint density at radius 3 is 2.53 bits per heavy atom. The predicted octanol–water partition coefficient (Wildman–Crippen LogP) is 7.45. The van der Waals surface area contributed by atoms with Gasteiger partial charge in [0.25, 0.3) is 0 Å². The highest BCUT2D eigenvalue weighted by atomic mass is 16.5. The first-order valence-electron chi connectivity index (χ1n) is 16.8. The number of nitrogens with one attached hydrogen (secondary N) is 2. The quantitative estimate of drug-likeness (QED) is 0.193. The van der Waals surface area contributed by atoms with Crippen LogP contribution in [0.1, 0.15) is 99.8 Å².